The molecule has 1 N–H and O–H groups in total. The average Bonchev–Trinajstić information content (AvgIpc) is 2.73. The van der Waals surface area contributed by atoms with E-state index in [4.69, 9.17) is 25.8 Å². The third-order valence-electron chi connectivity index (χ3n) is 5.07. The number of amides is 1. The van der Waals surface area contributed by atoms with Crippen molar-refractivity contribution >= 4 is 23.5 Å². The van der Waals surface area contributed by atoms with Crippen LogP contribution in [0.25, 0.3) is 0 Å². The lowest BCUT2D eigenvalue weighted by atomic mass is 9.88. The number of esters is 1. The minimum absolute atomic E-state index is 0.00407. The van der Waals surface area contributed by atoms with E-state index in [1.54, 1.807) is 12.1 Å². The minimum Gasteiger partial charge on any atom is -0.486 e. The van der Waals surface area contributed by atoms with Crippen molar-refractivity contribution in [3.8, 4) is 11.5 Å². The Labute approximate surface area is 174 Å². The number of hydrogen-bond donors (Lipinski definition) is 1. The van der Waals surface area contributed by atoms with E-state index in [9.17, 15) is 9.59 Å². The van der Waals surface area contributed by atoms with Gasteiger partial charge in [0.1, 0.15) is 13.2 Å². The van der Waals surface area contributed by atoms with Crippen molar-refractivity contribution in [2.75, 3.05) is 19.8 Å². The summed E-state index contributed by atoms with van der Waals surface area (Å²) in [6.45, 7) is 0.562. The van der Waals surface area contributed by atoms with Gasteiger partial charge in [0, 0.05) is 0 Å². The molecule has 1 aliphatic heterocycles. The van der Waals surface area contributed by atoms with Crippen LogP contribution in [0.1, 0.15) is 35.6 Å². The molecule has 0 radical (unpaired) electrons. The van der Waals surface area contributed by atoms with Crippen molar-refractivity contribution in [2.24, 2.45) is 0 Å². The van der Waals surface area contributed by atoms with Gasteiger partial charge in [-0.1, -0.05) is 35.9 Å². The second kappa shape index (κ2) is 8.74. The molecule has 1 aliphatic carbocycles. The molecule has 0 saturated carbocycles. The first kappa shape index (κ1) is 19.6. The molecule has 152 valence electrons. The molecule has 2 aromatic carbocycles. The molecule has 0 saturated heterocycles. The number of nitrogens with one attached hydrogen (secondary N) is 1. The summed E-state index contributed by atoms with van der Waals surface area (Å²) in [5.41, 5.74) is 3.05. The van der Waals surface area contributed by atoms with Crippen molar-refractivity contribution in [3.05, 3.63) is 58.1 Å². The first-order valence-corrected chi connectivity index (χ1v) is 10.1. The van der Waals surface area contributed by atoms with Gasteiger partial charge < -0.3 is 19.5 Å². The molecule has 1 unspecified atom stereocenters. The zero-order valence-electron chi connectivity index (χ0n) is 15.9. The monoisotopic (exact) mass is 415 g/mol. The lowest BCUT2D eigenvalue weighted by Gasteiger charge is -2.26. The number of carbonyl (C=O) groups excluding carboxylic acids is 2. The van der Waals surface area contributed by atoms with Gasteiger partial charge in [0.15, 0.2) is 18.1 Å². The summed E-state index contributed by atoms with van der Waals surface area (Å²) in [5, 5.41) is 3.36. The molecule has 0 aromatic heterocycles. The zero-order valence-corrected chi connectivity index (χ0v) is 16.7. The van der Waals surface area contributed by atoms with Crippen LogP contribution in [0.15, 0.2) is 36.4 Å². The van der Waals surface area contributed by atoms with Crippen molar-refractivity contribution < 1.29 is 23.8 Å². The van der Waals surface area contributed by atoms with Crippen molar-refractivity contribution in [1.82, 2.24) is 5.32 Å². The van der Waals surface area contributed by atoms with Crippen LogP contribution in [0.2, 0.25) is 5.02 Å². The van der Waals surface area contributed by atoms with E-state index in [-0.39, 0.29) is 25.0 Å². The van der Waals surface area contributed by atoms with Crippen LogP contribution in [-0.4, -0.2) is 31.7 Å². The first-order chi connectivity index (χ1) is 14.1. The fraction of sp³-hybridized carbons (Fsp3) is 0.364. The molecular formula is C22H22ClNO5. The summed E-state index contributed by atoms with van der Waals surface area (Å²) in [6.07, 6.45) is 2.92. The molecule has 1 heterocycles. The van der Waals surface area contributed by atoms with Gasteiger partial charge >= 0.3 is 5.97 Å². The lowest BCUT2D eigenvalue weighted by molar-refractivity contribution is -0.148. The SMILES string of the molecule is O=C(COC(=O)Cc1cc(Cl)c2c(c1)OCCO2)NC1CCCc2ccccc21. The van der Waals surface area contributed by atoms with Crippen LogP contribution in [0, 0.1) is 0 Å². The van der Waals surface area contributed by atoms with E-state index in [2.05, 4.69) is 11.4 Å². The van der Waals surface area contributed by atoms with Crippen molar-refractivity contribution in [3.63, 3.8) is 0 Å². The van der Waals surface area contributed by atoms with Gasteiger partial charge in [0.05, 0.1) is 17.5 Å². The van der Waals surface area contributed by atoms with Crippen LogP contribution < -0.4 is 14.8 Å². The Hall–Kier alpha value is -2.73. The minimum atomic E-state index is -0.503. The Morgan fingerprint density at radius 1 is 1.17 bits per heavy atom. The Morgan fingerprint density at radius 3 is 2.90 bits per heavy atom. The molecule has 0 fully saturated rings. The van der Waals surface area contributed by atoms with Gasteiger partial charge in [-0.2, -0.15) is 0 Å². The smallest absolute Gasteiger partial charge is 0.310 e. The van der Waals surface area contributed by atoms with Gasteiger partial charge in [-0.05, 0) is 48.1 Å². The van der Waals surface area contributed by atoms with E-state index < -0.39 is 5.97 Å². The fourth-order valence-electron chi connectivity index (χ4n) is 3.77. The third kappa shape index (κ3) is 4.65. The van der Waals surface area contributed by atoms with Crippen LogP contribution in [-0.2, 0) is 27.2 Å². The number of aryl methyl sites for hydroxylation is 1. The van der Waals surface area contributed by atoms with E-state index in [0.29, 0.717) is 35.3 Å². The van der Waals surface area contributed by atoms with Gasteiger partial charge in [0.2, 0.25) is 0 Å². The predicted molar refractivity (Wildman–Crippen MR) is 107 cm³/mol. The van der Waals surface area contributed by atoms with Gasteiger partial charge in [0.25, 0.3) is 5.91 Å². The highest BCUT2D eigenvalue weighted by atomic mass is 35.5. The molecular weight excluding hydrogens is 394 g/mol. The highest BCUT2D eigenvalue weighted by Crippen LogP contribution is 2.38. The van der Waals surface area contributed by atoms with E-state index in [0.717, 1.165) is 24.8 Å². The number of halogens is 1. The topological polar surface area (TPSA) is 73.9 Å². The number of carbonyl (C=O) groups is 2. The number of rotatable bonds is 5. The van der Waals surface area contributed by atoms with E-state index in [1.165, 1.54) is 5.56 Å². The highest BCUT2D eigenvalue weighted by Gasteiger charge is 2.22. The summed E-state index contributed by atoms with van der Waals surface area (Å²) in [4.78, 5) is 24.4. The maximum Gasteiger partial charge on any atom is 0.310 e. The quantitative estimate of drug-likeness (QED) is 0.758. The molecule has 7 heteroatoms. The lowest BCUT2D eigenvalue weighted by Crippen LogP contribution is -2.34. The Bertz CT molecular complexity index is 929. The Kier molecular flexibility index (Phi) is 5.90. The molecule has 0 spiro atoms. The molecule has 0 bridgehead atoms. The van der Waals surface area contributed by atoms with Crippen LogP contribution in [0.5, 0.6) is 11.5 Å². The molecule has 4 rings (SSSR count). The zero-order chi connectivity index (χ0) is 20.2. The Balaban J connectivity index is 1.30. The summed E-state index contributed by atoms with van der Waals surface area (Å²) in [6, 6.07) is 11.4. The summed E-state index contributed by atoms with van der Waals surface area (Å²) in [7, 11) is 0. The maximum atomic E-state index is 12.3. The number of fused-ring (bicyclic) bond motifs is 2. The molecule has 29 heavy (non-hydrogen) atoms. The largest absolute Gasteiger partial charge is 0.486 e. The fourth-order valence-corrected chi connectivity index (χ4v) is 4.06. The van der Waals surface area contributed by atoms with E-state index >= 15 is 0 Å². The van der Waals surface area contributed by atoms with Crippen LogP contribution in [0.3, 0.4) is 0 Å². The summed E-state index contributed by atoms with van der Waals surface area (Å²) in [5.74, 6) is 0.194. The Morgan fingerprint density at radius 2 is 2.00 bits per heavy atom. The van der Waals surface area contributed by atoms with Gasteiger partial charge in [-0.15, -0.1) is 0 Å². The average molecular weight is 416 g/mol. The third-order valence-corrected chi connectivity index (χ3v) is 5.35. The number of ether oxygens (including phenoxy) is 3. The van der Waals surface area contributed by atoms with Crippen LogP contribution in [0.4, 0.5) is 0 Å². The standard InChI is InChI=1S/C22H22ClNO5/c23-17-10-14(11-19-22(17)28-9-8-27-19)12-21(26)29-13-20(25)24-18-7-3-5-15-4-1-2-6-16(15)18/h1-2,4,6,10-11,18H,3,5,7-9,12-13H2,(H,24,25). The highest BCUT2D eigenvalue weighted by molar-refractivity contribution is 6.32. The van der Waals surface area contributed by atoms with Crippen LogP contribution >= 0.6 is 11.6 Å². The molecule has 2 aliphatic rings. The maximum absolute atomic E-state index is 12.3. The number of hydrogen-bond acceptors (Lipinski definition) is 5. The first-order valence-electron chi connectivity index (χ1n) is 9.71. The second-order valence-corrected chi connectivity index (χ2v) is 7.56. The predicted octanol–water partition coefficient (Wildman–Crippen LogP) is 3.39. The number of benzene rings is 2. The second-order valence-electron chi connectivity index (χ2n) is 7.15. The van der Waals surface area contributed by atoms with Gasteiger partial charge in [-0.25, -0.2) is 0 Å². The van der Waals surface area contributed by atoms with E-state index in [1.807, 2.05) is 18.2 Å². The van der Waals surface area contributed by atoms with Gasteiger partial charge in [-0.3, -0.25) is 9.59 Å². The summed E-state index contributed by atoms with van der Waals surface area (Å²) < 4.78 is 16.1. The summed E-state index contributed by atoms with van der Waals surface area (Å²) >= 11 is 6.19. The molecule has 1 atom stereocenters. The normalized spacial score (nSPS) is 17.2. The van der Waals surface area contributed by atoms with Crippen molar-refractivity contribution in [1.29, 1.82) is 0 Å². The molecule has 6 nitrogen and oxygen atoms in total. The molecule has 2 aromatic rings. The van der Waals surface area contributed by atoms with Crippen molar-refractivity contribution in [2.45, 2.75) is 31.7 Å². The molecule has 1 amide bonds.